The highest BCUT2D eigenvalue weighted by Gasteiger charge is 2.43. The second kappa shape index (κ2) is 19.4. The molecule has 12 nitrogen and oxygen atoms in total. The van der Waals surface area contributed by atoms with E-state index >= 15 is 0 Å². The summed E-state index contributed by atoms with van der Waals surface area (Å²) in [5, 5.41) is 47.8. The number of epoxide rings is 1. The Kier molecular flexibility index (Phi) is 18.5. The molecule has 0 saturated carbocycles. The van der Waals surface area contributed by atoms with Crippen LogP contribution in [0.5, 0.6) is 0 Å². The molecule has 5 heterocycles. The van der Waals surface area contributed by atoms with Gasteiger partial charge in [-0.2, -0.15) is 20.4 Å². The maximum Gasteiger partial charge on any atom is 0.0889 e. The number of hydrogen-bond donors (Lipinski definition) is 4. The molecule has 0 amide bonds. The van der Waals surface area contributed by atoms with Gasteiger partial charge in [-0.25, -0.2) is 0 Å². The third-order valence-corrected chi connectivity index (χ3v) is 10.1. The molecule has 0 radical (unpaired) electrons. The van der Waals surface area contributed by atoms with E-state index in [1.54, 1.807) is 80.4 Å². The van der Waals surface area contributed by atoms with E-state index in [0.29, 0.717) is 6.10 Å². The van der Waals surface area contributed by atoms with Crippen molar-refractivity contribution in [3.8, 4) is 0 Å². The smallest absolute Gasteiger partial charge is 0.0889 e. The van der Waals surface area contributed by atoms with Crippen LogP contribution in [0.2, 0.25) is 0 Å². The Bertz CT molecular complexity index is 1330. The van der Waals surface area contributed by atoms with Crippen LogP contribution in [0.4, 0.5) is 0 Å². The van der Waals surface area contributed by atoms with Crippen LogP contribution in [0.15, 0.2) is 49.6 Å². The molecule has 272 valence electrons. The van der Waals surface area contributed by atoms with Gasteiger partial charge in [0.1, 0.15) is 0 Å². The summed E-state index contributed by atoms with van der Waals surface area (Å²) in [6, 6.07) is 0.00282. The monoisotopic (exact) mass is 1120 g/mol. The van der Waals surface area contributed by atoms with Gasteiger partial charge in [0.25, 0.3) is 0 Å². The number of H-pyrrole nitrogens is 1. The lowest BCUT2D eigenvalue weighted by Crippen LogP contribution is -2.31. The number of hydrogen-bond acceptors (Lipinski definition) is 8. The lowest BCUT2D eigenvalue weighted by molar-refractivity contribution is 0.0253. The van der Waals surface area contributed by atoms with E-state index in [9.17, 15) is 15.3 Å². The van der Waals surface area contributed by atoms with Crippen molar-refractivity contribution in [2.75, 3.05) is 0 Å². The lowest BCUT2D eigenvalue weighted by atomic mass is 10.0. The zero-order chi connectivity index (χ0) is 37.3. The SMILES string of the molecule is CC(n1cc(I)cn1)C(C)(C)O.CC1OC1(C)C.C[C@@H](n1cc(I)cn1)C(C)(C)O.C[C@H](n1cc(I)cn1)C(C)(C)O.Ic1cn[nH]c1. The summed E-state index contributed by atoms with van der Waals surface area (Å²) in [7, 11) is 0. The summed E-state index contributed by atoms with van der Waals surface area (Å²) < 4.78 is 14.8. The fraction of sp³-hybridized carbons (Fsp3) is 0.625. The van der Waals surface area contributed by atoms with Gasteiger partial charge in [-0.15, -0.1) is 0 Å². The van der Waals surface area contributed by atoms with Gasteiger partial charge in [0.05, 0.1) is 85.7 Å². The summed E-state index contributed by atoms with van der Waals surface area (Å²) in [6.45, 7) is 22.8. The number of ether oxygens (including phenoxy) is 1. The standard InChI is InChI=1S/3C8H13IN2O.C5H10O.C3H3IN2/c3*1-6(8(2,3)12)11-5-7(9)4-10-11;1-4-5(2,3)6-4;4-3-1-5-6-2-3/h3*4-6,12H,1-3H3;4H,1-3H3;1-2H,(H,5,6)/t2*6-;;;/m10.../s1. The van der Waals surface area contributed by atoms with E-state index < -0.39 is 16.8 Å². The Morgan fingerprint density at radius 2 is 0.938 bits per heavy atom. The van der Waals surface area contributed by atoms with Crippen molar-refractivity contribution in [3.63, 3.8) is 0 Å². The molecule has 0 aliphatic carbocycles. The second-order valence-corrected chi connectivity index (χ2v) is 18.7. The van der Waals surface area contributed by atoms with Crippen LogP contribution in [-0.4, -0.2) is 83.4 Å². The molecule has 4 aromatic rings. The summed E-state index contributed by atoms with van der Waals surface area (Å²) in [4.78, 5) is 0. The van der Waals surface area contributed by atoms with Crippen molar-refractivity contribution < 1.29 is 20.1 Å². The van der Waals surface area contributed by atoms with E-state index in [2.05, 4.69) is 137 Å². The highest BCUT2D eigenvalue weighted by molar-refractivity contribution is 14.1. The largest absolute Gasteiger partial charge is 0.388 e. The predicted octanol–water partition coefficient (Wildman–Crippen LogP) is 7.66. The molecule has 5 rings (SSSR count). The van der Waals surface area contributed by atoms with Crippen molar-refractivity contribution in [1.82, 2.24) is 39.5 Å². The molecule has 1 aliphatic rings. The Morgan fingerprint density at radius 1 is 0.667 bits per heavy atom. The van der Waals surface area contributed by atoms with Gasteiger partial charge in [0.15, 0.2) is 0 Å². The number of aliphatic hydroxyl groups is 3. The first-order chi connectivity index (χ1) is 21.8. The van der Waals surface area contributed by atoms with Crippen molar-refractivity contribution in [3.05, 3.63) is 63.9 Å². The first kappa shape index (κ1) is 45.6. The van der Waals surface area contributed by atoms with Crippen molar-refractivity contribution in [1.29, 1.82) is 0 Å². The molecule has 4 aromatic heterocycles. The maximum absolute atomic E-state index is 9.69. The van der Waals surface area contributed by atoms with Crippen LogP contribution in [0.25, 0.3) is 0 Å². The summed E-state index contributed by atoms with van der Waals surface area (Å²) in [5.74, 6) is 0. The summed E-state index contributed by atoms with van der Waals surface area (Å²) in [5.41, 5.74) is -1.97. The fourth-order valence-electron chi connectivity index (χ4n) is 3.21. The van der Waals surface area contributed by atoms with Gasteiger partial charge in [0.2, 0.25) is 0 Å². The van der Waals surface area contributed by atoms with E-state index in [1.807, 2.05) is 45.6 Å². The number of nitrogens with one attached hydrogen (secondary N) is 1. The molecule has 4 atom stereocenters. The Labute approximate surface area is 340 Å². The minimum absolute atomic E-state index is 0.000941. The third-order valence-electron chi connectivity index (χ3n) is 7.83. The Hall–Kier alpha value is -0.400. The van der Waals surface area contributed by atoms with Crippen molar-refractivity contribution in [2.45, 2.75) is 130 Å². The van der Waals surface area contributed by atoms with Crippen molar-refractivity contribution in [2.24, 2.45) is 0 Å². The van der Waals surface area contributed by atoms with E-state index in [1.165, 1.54) is 0 Å². The number of halogens is 4. The Balaban J connectivity index is 0.000000309. The summed E-state index contributed by atoms with van der Waals surface area (Å²) >= 11 is 8.77. The molecular formula is C32H52I4N8O4. The van der Waals surface area contributed by atoms with Crippen LogP contribution in [0, 0.1) is 14.3 Å². The van der Waals surface area contributed by atoms with Crippen LogP contribution in [0.3, 0.4) is 0 Å². The quantitative estimate of drug-likeness (QED) is 0.113. The zero-order valence-corrected chi connectivity index (χ0v) is 38.5. The molecule has 0 spiro atoms. The number of rotatable bonds is 6. The molecule has 4 N–H and O–H groups in total. The third kappa shape index (κ3) is 17.2. The first-order valence-corrected chi connectivity index (χ1v) is 19.6. The molecule has 0 bridgehead atoms. The number of aromatic amines is 1. The van der Waals surface area contributed by atoms with Gasteiger partial charge in [-0.3, -0.25) is 19.1 Å². The molecule has 2 unspecified atom stereocenters. The van der Waals surface area contributed by atoms with Crippen LogP contribution < -0.4 is 0 Å². The normalized spacial score (nSPS) is 17.1. The van der Waals surface area contributed by atoms with Gasteiger partial charge in [0, 0.05) is 24.8 Å². The van der Waals surface area contributed by atoms with E-state index in [-0.39, 0.29) is 23.7 Å². The average molecular weight is 1120 g/mol. The van der Waals surface area contributed by atoms with Crippen LogP contribution >= 0.6 is 90.4 Å². The molecule has 0 aromatic carbocycles. The van der Waals surface area contributed by atoms with Gasteiger partial charge < -0.3 is 20.1 Å². The maximum atomic E-state index is 9.69. The summed E-state index contributed by atoms with van der Waals surface area (Å²) in [6.07, 6.45) is 15.2. The van der Waals surface area contributed by atoms with Crippen LogP contribution in [0.1, 0.15) is 101 Å². The lowest BCUT2D eigenvalue weighted by Gasteiger charge is -2.25. The predicted molar refractivity (Wildman–Crippen MR) is 224 cm³/mol. The van der Waals surface area contributed by atoms with Crippen molar-refractivity contribution >= 4 is 90.4 Å². The molecule has 1 fully saturated rings. The minimum Gasteiger partial charge on any atom is -0.388 e. The number of nitrogens with zero attached hydrogens (tertiary/aromatic N) is 7. The number of aromatic nitrogens is 8. The minimum atomic E-state index is -0.727. The second-order valence-electron chi connectivity index (χ2n) is 13.7. The molecule has 1 aliphatic heterocycles. The first-order valence-electron chi connectivity index (χ1n) is 15.3. The molecular weight excluding hydrogens is 1070 g/mol. The van der Waals surface area contributed by atoms with Gasteiger partial charge in [-0.05, 0) is 173 Å². The van der Waals surface area contributed by atoms with Crippen LogP contribution in [-0.2, 0) is 4.74 Å². The van der Waals surface area contributed by atoms with Gasteiger partial charge >= 0.3 is 0 Å². The molecule has 48 heavy (non-hydrogen) atoms. The molecule has 16 heteroatoms. The Morgan fingerprint density at radius 3 is 1.04 bits per heavy atom. The van der Waals surface area contributed by atoms with E-state index in [0.717, 1.165) is 14.3 Å². The molecule has 1 saturated heterocycles. The topological polar surface area (TPSA) is 155 Å². The fourth-order valence-corrected chi connectivity index (χ4v) is 4.72. The highest BCUT2D eigenvalue weighted by Crippen LogP contribution is 2.34. The highest BCUT2D eigenvalue weighted by atomic mass is 127. The zero-order valence-electron chi connectivity index (χ0n) is 29.8. The average Bonchev–Trinajstić information content (AvgIpc) is 3.61. The van der Waals surface area contributed by atoms with Gasteiger partial charge in [-0.1, -0.05) is 0 Å². The van der Waals surface area contributed by atoms with E-state index in [4.69, 9.17) is 4.74 Å².